The highest BCUT2D eigenvalue weighted by Gasteiger charge is 2.26. The maximum absolute atomic E-state index is 8.00. The summed E-state index contributed by atoms with van der Waals surface area (Å²) in [5.41, 5.74) is 14.0. The van der Waals surface area contributed by atoms with E-state index in [2.05, 4.69) is 154 Å². The van der Waals surface area contributed by atoms with E-state index in [0.717, 1.165) is 72.3 Å². The van der Waals surface area contributed by atoms with Crippen molar-refractivity contribution in [3.8, 4) is 33.8 Å². The van der Waals surface area contributed by atoms with Crippen LogP contribution in [0.4, 0.5) is 5.69 Å². The first-order valence-electron chi connectivity index (χ1n) is 18.5. The summed E-state index contributed by atoms with van der Waals surface area (Å²) in [5.74, 6) is 0. The SMILES string of the molecule is [C-]#[N+]c1ccc2c(oc3c(-c4cc5c(c[n+]4C)c4ccccc4n5-c4ccc5c(c4)c4ccccc4n5-c4ccccc4)c(C)ccc32)c1-c1ccccc1. The Morgan fingerprint density at radius 1 is 0.509 bits per heavy atom. The second-order valence-corrected chi connectivity index (χ2v) is 14.4. The Kier molecular flexibility index (Phi) is 6.68. The summed E-state index contributed by atoms with van der Waals surface area (Å²) in [5, 5.41) is 6.84. The molecule has 258 valence electrons. The first-order chi connectivity index (χ1) is 27.1. The number of aromatic nitrogens is 3. The van der Waals surface area contributed by atoms with E-state index in [1.54, 1.807) is 0 Å². The van der Waals surface area contributed by atoms with Crippen LogP contribution in [0, 0.1) is 13.5 Å². The Morgan fingerprint density at radius 3 is 1.84 bits per heavy atom. The Balaban J connectivity index is 1.19. The highest BCUT2D eigenvalue weighted by atomic mass is 16.3. The number of rotatable bonds is 4. The third-order valence-corrected chi connectivity index (χ3v) is 11.3. The quantitative estimate of drug-likeness (QED) is 0.132. The fraction of sp³-hybridized carbons (Fsp3) is 0.0400. The molecule has 0 bridgehead atoms. The topological polar surface area (TPSA) is 31.2 Å². The van der Waals surface area contributed by atoms with Gasteiger partial charge in [0.25, 0.3) is 0 Å². The van der Waals surface area contributed by atoms with Crippen LogP contribution in [0.25, 0.3) is 104 Å². The van der Waals surface area contributed by atoms with E-state index in [1.165, 1.54) is 32.6 Å². The lowest BCUT2D eigenvalue weighted by molar-refractivity contribution is -0.659. The molecule has 0 spiro atoms. The van der Waals surface area contributed by atoms with Crippen LogP contribution in [-0.4, -0.2) is 9.13 Å². The van der Waals surface area contributed by atoms with E-state index in [0.29, 0.717) is 5.69 Å². The van der Waals surface area contributed by atoms with Crippen LogP contribution in [0.1, 0.15) is 5.56 Å². The smallest absolute Gasteiger partial charge is 0.218 e. The van der Waals surface area contributed by atoms with Crippen LogP contribution in [0.15, 0.2) is 168 Å². The maximum Gasteiger partial charge on any atom is 0.218 e. The molecular weight excluding hydrogens is 673 g/mol. The fourth-order valence-electron chi connectivity index (χ4n) is 8.83. The minimum Gasteiger partial charge on any atom is -0.456 e. The van der Waals surface area contributed by atoms with Crippen LogP contribution in [-0.2, 0) is 7.05 Å². The molecule has 4 aromatic heterocycles. The normalized spacial score (nSPS) is 11.8. The molecule has 0 N–H and O–H groups in total. The number of nitrogens with zero attached hydrogens (tertiary/aromatic N) is 4. The van der Waals surface area contributed by atoms with Gasteiger partial charge >= 0.3 is 0 Å². The monoisotopic (exact) mass is 705 g/mol. The van der Waals surface area contributed by atoms with E-state index in [9.17, 15) is 0 Å². The van der Waals surface area contributed by atoms with E-state index in [-0.39, 0.29) is 0 Å². The van der Waals surface area contributed by atoms with Crippen LogP contribution in [0.5, 0.6) is 0 Å². The molecule has 0 aliphatic carbocycles. The zero-order chi connectivity index (χ0) is 36.8. The lowest BCUT2D eigenvalue weighted by Crippen LogP contribution is -2.30. The van der Waals surface area contributed by atoms with Crippen molar-refractivity contribution in [1.82, 2.24) is 9.13 Å². The Hall–Kier alpha value is -7.42. The predicted molar refractivity (Wildman–Crippen MR) is 225 cm³/mol. The summed E-state index contributed by atoms with van der Waals surface area (Å²) < 4.78 is 13.9. The summed E-state index contributed by atoms with van der Waals surface area (Å²) in [6, 6.07) is 55.6. The maximum atomic E-state index is 8.00. The summed E-state index contributed by atoms with van der Waals surface area (Å²) >= 11 is 0. The molecule has 0 radical (unpaired) electrons. The van der Waals surface area contributed by atoms with Crippen molar-refractivity contribution < 1.29 is 8.98 Å². The summed E-state index contributed by atoms with van der Waals surface area (Å²) in [7, 11) is 2.12. The molecule has 0 amide bonds. The Labute approximate surface area is 317 Å². The number of benzene rings is 7. The summed E-state index contributed by atoms with van der Waals surface area (Å²) in [4.78, 5) is 3.91. The van der Waals surface area contributed by atoms with Crippen LogP contribution >= 0.6 is 0 Å². The molecule has 5 heteroatoms. The average Bonchev–Trinajstić information content (AvgIpc) is 3.88. The van der Waals surface area contributed by atoms with Crippen molar-refractivity contribution >= 4 is 71.2 Å². The number of furan rings is 1. The van der Waals surface area contributed by atoms with Crippen molar-refractivity contribution in [3.05, 3.63) is 181 Å². The van der Waals surface area contributed by atoms with Gasteiger partial charge in [-0.2, -0.15) is 0 Å². The minimum absolute atomic E-state index is 0.580. The summed E-state index contributed by atoms with van der Waals surface area (Å²) in [6.07, 6.45) is 2.26. The predicted octanol–water partition coefficient (Wildman–Crippen LogP) is 12.8. The van der Waals surface area contributed by atoms with Crippen molar-refractivity contribution in [3.63, 3.8) is 0 Å². The van der Waals surface area contributed by atoms with Gasteiger partial charge in [-0.1, -0.05) is 109 Å². The van der Waals surface area contributed by atoms with E-state index in [1.807, 2.05) is 42.5 Å². The lowest BCUT2D eigenvalue weighted by atomic mass is 9.98. The second kappa shape index (κ2) is 11.8. The van der Waals surface area contributed by atoms with Crippen molar-refractivity contribution in [2.24, 2.45) is 7.05 Å². The Bertz CT molecular complexity index is 3400. The molecule has 11 rings (SSSR count). The highest BCUT2D eigenvalue weighted by molar-refractivity contribution is 6.16. The van der Waals surface area contributed by atoms with Gasteiger partial charge < -0.3 is 13.6 Å². The van der Waals surface area contributed by atoms with Crippen LogP contribution in [0.2, 0.25) is 0 Å². The fourth-order valence-corrected chi connectivity index (χ4v) is 8.83. The zero-order valence-corrected chi connectivity index (χ0v) is 30.3. The molecule has 0 unspecified atom stereocenters. The van der Waals surface area contributed by atoms with Crippen molar-refractivity contribution in [1.29, 1.82) is 0 Å². The third-order valence-electron chi connectivity index (χ3n) is 11.3. The zero-order valence-electron chi connectivity index (χ0n) is 30.3. The minimum atomic E-state index is 0.580. The average molecular weight is 706 g/mol. The first-order valence-corrected chi connectivity index (χ1v) is 18.5. The first kappa shape index (κ1) is 31.1. The van der Waals surface area contributed by atoms with Gasteiger partial charge in [0.05, 0.1) is 39.6 Å². The highest BCUT2D eigenvalue weighted by Crippen LogP contribution is 2.45. The van der Waals surface area contributed by atoms with Gasteiger partial charge in [0.1, 0.15) is 18.2 Å². The van der Waals surface area contributed by atoms with Gasteiger partial charge in [0.2, 0.25) is 5.69 Å². The van der Waals surface area contributed by atoms with Gasteiger partial charge in [-0.15, -0.1) is 0 Å². The number of hydrogen-bond donors (Lipinski definition) is 0. The van der Waals surface area contributed by atoms with Crippen LogP contribution in [0.3, 0.4) is 0 Å². The molecule has 11 aromatic rings. The number of pyridine rings is 1. The van der Waals surface area contributed by atoms with Crippen molar-refractivity contribution in [2.45, 2.75) is 6.92 Å². The van der Waals surface area contributed by atoms with Gasteiger partial charge in [-0.05, 0) is 60.5 Å². The molecule has 5 nitrogen and oxygen atoms in total. The molecule has 4 heterocycles. The molecule has 0 aliphatic rings. The van der Waals surface area contributed by atoms with Crippen molar-refractivity contribution in [2.75, 3.05) is 0 Å². The second-order valence-electron chi connectivity index (χ2n) is 14.4. The Morgan fingerprint density at radius 2 is 1.11 bits per heavy atom. The van der Waals surface area contributed by atoms with E-state index in [4.69, 9.17) is 11.0 Å². The summed E-state index contributed by atoms with van der Waals surface area (Å²) in [6.45, 7) is 10.2. The molecule has 0 saturated heterocycles. The van der Waals surface area contributed by atoms with E-state index < -0.39 is 0 Å². The number of fused-ring (bicyclic) bond motifs is 9. The molecule has 7 aromatic carbocycles. The molecule has 0 fully saturated rings. The number of hydrogen-bond acceptors (Lipinski definition) is 1. The molecule has 0 saturated carbocycles. The molecule has 0 atom stereocenters. The number of para-hydroxylation sites is 3. The standard InChI is InChI=1S/C50H33N4O/c1-31-22-24-37-38-25-26-41(51-2)48(32-14-6-4-7-15-32)50(38)55-49(37)47(31)46-29-45-40(30-52(46)3)36-19-11-13-21-43(36)54(45)34-23-27-44-39(28-34)35-18-10-12-20-42(35)53(44)33-16-8-5-9-17-33/h4-30H,1,3H3/q+1. The van der Waals surface area contributed by atoms with Gasteiger partial charge in [-0.25, -0.2) is 9.41 Å². The van der Waals surface area contributed by atoms with E-state index >= 15 is 0 Å². The van der Waals surface area contributed by atoms with Gasteiger partial charge in [-0.3, -0.25) is 0 Å². The van der Waals surface area contributed by atoms with Gasteiger partial charge in [0, 0.05) is 49.9 Å². The molecule has 0 aliphatic heterocycles. The van der Waals surface area contributed by atoms with Gasteiger partial charge in [0.15, 0.2) is 11.9 Å². The third kappa shape index (κ3) is 4.49. The molecule has 55 heavy (non-hydrogen) atoms. The number of aryl methyl sites for hydroxylation is 2. The molecular formula is C50H33N4O+. The largest absolute Gasteiger partial charge is 0.456 e. The van der Waals surface area contributed by atoms with Crippen LogP contribution < -0.4 is 4.57 Å². The lowest BCUT2D eigenvalue weighted by Gasteiger charge is -2.11.